The second-order valence-corrected chi connectivity index (χ2v) is 7.68. The molecule has 0 aliphatic carbocycles. The van der Waals surface area contributed by atoms with E-state index in [1.165, 1.54) is 16.7 Å². The fourth-order valence-corrected chi connectivity index (χ4v) is 4.10. The standard InChI is InChI=1S/C23H26N6O/c1-30-18-9-7-16(8-10-18)11-13-24-23-25-21-20-19(27-28-21)12-14-29(22(20)26-23)15-17-5-3-2-4-6-17/h2-10,19,27H,11-15H2,1H3,(H2,24,25,26,28). The van der Waals surface area contributed by atoms with Crippen LogP contribution in [0.1, 0.15) is 29.2 Å². The average Bonchev–Trinajstić information content (AvgIpc) is 3.21. The normalized spacial score (nSPS) is 16.7. The molecule has 2 aromatic carbocycles. The molecule has 0 fully saturated rings. The van der Waals surface area contributed by atoms with Crippen molar-refractivity contribution in [3.05, 3.63) is 71.3 Å². The van der Waals surface area contributed by atoms with Crippen LogP contribution in [0.4, 0.5) is 17.6 Å². The molecular weight excluding hydrogens is 376 g/mol. The first kappa shape index (κ1) is 18.7. The van der Waals surface area contributed by atoms with Gasteiger partial charge in [-0.05, 0) is 36.1 Å². The molecule has 7 nitrogen and oxygen atoms in total. The Morgan fingerprint density at radius 3 is 2.70 bits per heavy atom. The number of methoxy groups -OCH3 is 1. The Hall–Kier alpha value is -3.32. The maximum Gasteiger partial charge on any atom is 0.226 e. The molecule has 5 rings (SSSR count). The predicted molar refractivity (Wildman–Crippen MR) is 119 cm³/mol. The third kappa shape index (κ3) is 3.76. The monoisotopic (exact) mass is 402 g/mol. The van der Waals surface area contributed by atoms with Crippen LogP contribution in [0.25, 0.3) is 0 Å². The van der Waals surface area contributed by atoms with Gasteiger partial charge in [0.25, 0.3) is 0 Å². The largest absolute Gasteiger partial charge is 0.497 e. The zero-order chi connectivity index (χ0) is 20.3. The van der Waals surface area contributed by atoms with Gasteiger partial charge in [0, 0.05) is 19.6 Å². The summed E-state index contributed by atoms with van der Waals surface area (Å²) < 4.78 is 5.22. The number of hydrogen-bond acceptors (Lipinski definition) is 7. The molecule has 2 aliphatic heterocycles. The van der Waals surface area contributed by atoms with E-state index >= 15 is 0 Å². The van der Waals surface area contributed by atoms with E-state index in [-0.39, 0.29) is 6.04 Å². The van der Waals surface area contributed by atoms with Crippen LogP contribution in [0.3, 0.4) is 0 Å². The molecule has 0 spiro atoms. The van der Waals surface area contributed by atoms with Gasteiger partial charge >= 0.3 is 0 Å². The van der Waals surface area contributed by atoms with Gasteiger partial charge in [0.05, 0.1) is 18.7 Å². The van der Waals surface area contributed by atoms with Crippen LogP contribution in [0.5, 0.6) is 5.75 Å². The van der Waals surface area contributed by atoms with Gasteiger partial charge in [-0.3, -0.25) is 0 Å². The number of benzene rings is 2. The Morgan fingerprint density at radius 2 is 1.90 bits per heavy atom. The highest BCUT2D eigenvalue weighted by molar-refractivity contribution is 5.67. The van der Waals surface area contributed by atoms with Crippen molar-refractivity contribution in [2.75, 3.05) is 35.8 Å². The van der Waals surface area contributed by atoms with Gasteiger partial charge < -0.3 is 20.4 Å². The molecule has 1 unspecified atom stereocenters. The number of ether oxygens (including phenoxy) is 1. The first-order valence-electron chi connectivity index (χ1n) is 10.4. The lowest BCUT2D eigenvalue weighted by molar-refractivity contribution is 0.414. The van der Waals surface area contributed by atoms with E-state index in [9.17, 15) is 0 Å². The van der Waals surface area contributed by atoms with E-state index in [1.807, 2.05) is 12.1 Å². The lowest BCUT2D eigenvalue weighted by atomic mass is 10.0. The van der Waals surface area contributed by atoms with Gasteiger partial charge in [0.2, 0.25) is 5.95 Å². The van der Waals surface area contributed by atoms with Gasteiger partial charge in [-0.2, -0.15) is 9.97 Å². The van der Waals surface area contributed by atoms with Crippen molar-refractivity contribution in [2.24, 2.45) is 0 Å². The third-order valence-electron chi connectivity index (χ3n) is 5.70. The molecule has 0 bridgehead atoms. The Kier molecular flexibility index (Phi) is 5.11. The molecule has 1 aromatic heterocycles. The van der Waals surface area contributed by atoms with Crippen LogP contribution in [0.15, 0.2) is 54.6 Å². The number of nitrogens with one attached hydrogen (secondary N) is 3. The lowest BCUT2D eigenvalue weighted by Gasteiger charge is -2.32. The SMILES string of the molecule is COc1ccc(CCNc2nc3c4c(n2)N(Cc2ccccc2)CCC4NN3)cc1. The summed E-state index contributed by atoms with van der Waals surface area (Å²) in [7, 11) is 1.68. The molecule has 0 amide bonds. The first-order chi connectivity index (χ1) is 14.8. The second-order valence-electron chi connectivity index (χ2n) is 7.68. The minimum absolute atomic E-state index is 0.273. The third-order valence-corrected chi connectivity index (χ3v) is 5.70. The summed E-state index contributed by atoms with van der Waals surface area (Å²) in [5.74, 6) is 3.44. The molecule has 7 heteroatoms. The van der Waals surface area contributed by atoms with Crippen molar-refractivity contribution < 1.29 is 4.74 Å². The van der Waals surface area contributed by atoms with Crippen molar-refractivity contribution in [1.29, 1.82) is 0 Å². The molecule has 3 N–H and O–H groups in total. The second kappa shape index (κ2) is 8.20. The molecule has 0 saturated carbocycles. The summed E-state index contributed by atoms with van der Waals surface area (Å²) in [5, 5.41) is 3.40. The minimum Gasteiger partial charge on any atom is -0.497 e. The minimum atomic E-state index is 0.273. The molecule has 154 valence electrons. The van der Waals surface area contributed by atoms with Gasteiger partial charge in [-0.15, -0.1) is 0 Å². The summed E-state index contributed by atoms with van der Waals surface area (Å²) in [5.41, 5.74) is 10.3. The highest BCUT2D eigenvalue weighted by atomic mass is 16.5. The molecule has 0 saturated heterocycles. The van der Waals surface area contributed by atoms with E-state index in [2.05, 4.69) is 63.5 Å². The first-order valence-corrected chi connectivity index (χ1v) is 10.4. The van der Waals surface area contributed by atoms with Gasteiger partial charge in [-0.1, -0.05) is 42.5 Å². The zero-order valence-electron chi connectivity index (χ0n) is 17.1. The van der Waals surface area contributed by atoms with Crippen LogP contribution >= 0.6 is 0 Å². The topological polar surface area (TPSA) is 74.3 Å². The molecule has 30 heavy (non-hydrogen) atoms. The summed E-state index contributed by atoms with van der Waals surface area (Å²) in [6, 6.07) is 19.0. The van der Waals surface area contributed by atoms with Crippen molar-refractivity contribution in [1.82, 2.24) is 15.4 Å². The Labute approximate surface area is 176 Å². The van der Waals surface area contributed by atoms with E-state index in [0.29, 0.717) is 5.95 Å². The smallest absolute Gasteiger partial charge is 0.226 e. The van der Waals surface area contributed by atoms with Crippen molar-refractivity contribution in [3.8, 4) is 5.75 Å². The molecule has 1 atom stereocenters. The van der Waals surface area contributed by atoms with Gasteiger partial charge in [0.1, 0.15) is 11.6 Å². The quantitative estimate of drug-likeness (QED) is 0.558. The maximum absolute atomic E-state index is 5.22. The highest BCUT2D eigenvalue weighted by Crippen LogP contribution is 2.41. The molecular formula is C23H26N6O. The summed E-state index contributed by atoms with van der Waals surface area (Å²) in [4.78, 5) is 12.0. The van der Waals surface area contributed by atoms with Crippen LogP contribution in [0, 0.1) is 0 Å². The number of anilines is 3. The summed E-state index contributed by atoms with van der Waals surface area (Å²) in [6.07, 6.45) is 1.93. The van der Waals surface area contributed by atoms with Crippen molar-refractivity contribution >= 4 is 17.6 Å². The maximum atomic E-state index is 5.22. The molecule has 3 aromatic rings. The Balaban J connectivity index is 1.32. The van der Waals surface area contributed by atoms with Crippen LogP contribution in [-0.2, 0) is 13.0 Å². The van der Waals surface area contributed by atoms with Crippen molar-refractivity contribution in [2.45, 2.75) is 25.4 Å². The van der Waals surface area contributed by atoms with E-state index < -0.39 is 0 Å². The van der Waals surface area contributed by atoms with E-state index in [0.717, 1.165) is 49.9 Å². The van der Waals surface area contributed by atoms with E-state index in [1.54, 1.807) is 7.11 Å². The Bertz CT molecular complexity index is 1010. The number of nitrogens with zero attached hydrogens (tertiary/aromatic N) is 3. The number of aromatic nitrogens is 2. The van der Waals surface area contributed by atoms with E-state index in [4.69, 9.17) is 14.7 Å². The Morgan fingerprint density at radius 1 is 1.07 bits per heavy atom. The summed E-state index contributed by atoms with van der Waals surface area (Å²) in [6.45, 7) is 2.57. The van der Waals surface area contributed by atoms with Gasteiger partial charge in [0.15, 0.2) is 5.82 Å². The highest BCUT2D eigenvalue weighted by Gasteiger charge is 2.34. The predicted octanol–water partition coefficient (Wildman–Crippen LogP) is 3.52. The molecule has 0 radical (unpaired) electrons. The van der Waals surface area contributed by atoms with Gasteiger partial charge in [-0.25, -0.2) is 5.43 Å². The zero-order valence-corrected chi connectivity index (χ0v) is 17.1. The van der Waals surface area contributed by atoms with Crippen molar-refractivity contribution in [3.63, 3.8) is 0 Å². The number of hydrazine groups is 1. The average molecular weight is 403 g/mol. The molecule has 2 aliphatic rings. The van der Waals surface area contributed by atoms with Crippen LogP contribution in [0.2, 0.25) is 0 Å². The number of hydrogen-bond donors (Lipinski definition) is 3. The fraction of sp³-hybridized carbons (Fsp3) is 0.304. The fourth-order valence-electron chi connectivity index (χ4n) is 4.10. The van der Waals surface area contributed by atoms with Crippen LogP contribution < -0.4 is 25.8 Å². The number of rotatable bonds is 7. The summed E-state index contributed by atoms with van der Waals surface area (Å²) >= 11 is 0. The lowest BCUT2D eigenvalue weighted by Crippen LogP contribution is -2.34. The molecule has 3 heterocycles. The van der Waals surface area contributed by atoms with Crippen LogP contribution in [-0.4, -0.2) is 30.2 Å².